The first-order valence-corrected chi connectivity index (χ1v) is 7.44. The van der Waals surface area contributed by atoms with E-state index < -0.39 is 0 Å². The largest absolute Gasteiger partial charge is 0.463 e. The minimum Gasteiger partial charge on any atom is -0.463 e. The molecule has 1 fully saturated rings. The lowest BCUT2D eigenvalue weighted by Crippen LogP contribution is -3.07. The van der Waals surface area contributed by atoms with E-state index >= 15 is 0 Å². The Labute approximate surface area is 121 Å². The van der Waals surface area contributed by atoms with Crippen LogP contribution in [0.4, 0.5) is 0 Å². The molecule has 2 N–H and O–H groups in total. The monoisotopic (exact) mass is 280 g/mol. The molecule has 0 bridgehead atoms. The standard InChI is InChI=1S/C16H26N2O2/c1-15(2)11-16(7-9-20-15,13-18(3)4)12-17-10-14-6-5-8-19-14/h5-6,8,12H,7,9-11,13H2,1-4H3/p+2/t16-/m1/s1. The number of hydrogen-bond acceptors (Lipinski definition) is 2. The summed E-state index contributed by atoms with van der Waals surface area (Å²) in [6, 6.07) is 3.92. The van der Waals surface area contributed by atoms with Crippen LogP contribution >= 0.6 is 0 Å². The summed E-state index contributed by atoms with van der Waals surface area (Å²) < 4.78 is 11.2. The Morgan fingerprint density at radius 1 is 1.40 bits per heavy atom. The van der Waals surface area contributed by atoms with Crippen molar-refractivity contribution in [2.45, 2.75) is 38.8 Å². The second-order valence-electron chi connectivity index (χ2n) is 6.89. The Morgan fingerprint density at radius 2 is 2.20 bits per heavy atom. The van der Waals surface area contributed by atoms with Crippen molar-refractivity contribution in [1.29, 1.82) is 0 Å². The van der Waals surface area contributed by atoms with E-state index in [4.69, 9.17) is 9.15 Å². The van der Waals surface area contributed by atoms with E-state index in [0.29, 0.717) is 0 Å². The van der Waals surface area contributed by atoms with Crippen molar-refractivity contribution in [3.63, 3.8) is 0 Å². The molecule has 0 amide bonds. The molecular formula is C16H28N2O2+2. The van der Waals surface area contributed by atoms with Gasteiger partial charge in [0.05, 0.1) is 32.5 Å². The van der Waals surface area contributed by atoms with Crippen LogP contribution in [0.5, 0.6) is 0 Å². The predicted molar refractivity (Wildman–Crippen MR) is 78.8 cm³/mol. The molecule has 0 spiro atoms. The van der Waals surface area contributed by atoms with Crippen LogP contribution in [0.2, 0.25) is 0 Å². The van der Waals surface area contributed by atoms with Crippen LogP contribution in [0.3, 0.4) is 0 Å². The highest BCUT2D eigenvalue weighted by molar-refractivity contribution is 5.60. The zero-order chi connectivity index (χ0) is 14.6. The zero-order valence-electron chi connectivity index (χ0n) is 13.2. The van der Waals surface area contributed by atoms with Crippen molar-refractivity contribution >= 4 is 6.21 Å². The normalized spacial score (nSPS) is 26.4. The van der Waals surface area contributed by atoms with Crippen LogP contribution in [0.25, 0.3) is 0 Å². The van der Waals surface area contributed by atoms with Crippen molar-refractivity contribution < 1.29 is 19.0 Å². The van der Waals surface area contributed by atoms with Crippen molar-refractivity contribution in [3.8, 4) is 0 Å². The third kappa shape index (κ3) is 4.18. The number of nitrogens with one attached hydrogen (secondary N) is 2. The number of hydrogen-bond donors (Lipinski definition) is 2. The van der Waals surface area contributed by atoms with Crippen molar-refractivity contribution in [3.05, 3.63) is 24.2 Å². The average molecular weight is 280 g/mol. The summed E-state index contributed by atoms with van der Waals surface area (Å²) in [5.41, 5.74) is 0.143. The first kappa shape index (κ1) is 15.3. The summed E-state index contributed by atoms with van der Waals surface area (Å²) in [6.45, 7) is 7.07. The third-order valence-corrected chi connectivity index (χ3v) is 3.84. The molecule has 1 saturated heterocycles. The van der Waals surface area contributed by atoms with Crippen molar-refractivity contribution in [1.82, 2.24) is 0 Å². The molecule has 0 radical (unpaired) electrons. The van der Waals surface area contributed by atoms with Gasteiger partial charge in [-0.15, -0.1) is 0 Å². The van der Waals surface area contributed by atoms with E-state index in [-0.39, 0.29) is 11.0 Å². The van der Waals surface area contributed by atoms with Crippen LogP contribution in [0, 0.1) is 5.41 Å². The fraction of sp³-hybridized carbons (Fsp3) is 0.688. The lowest BCUT2D eigenvalue weighted by molar-refractivity contribution is -0.864. The Bertz CT molecular complexity index is 437. The zero-order valence-corrected chi connectivity index (χ0v) is 13.2. The third-order valence-electron chi connectivity index (χ3n) is 3.84. The van der Waals surface area contributed by atoms with E-state index in [9.17, 15) is 0 Å². The van der Waals surface area contributed by atoms with Gasteiger partial charge < -0.3 is 14.1 Å². The van der Waals surface area contributed by atoms with Gasteiger partial charge in [-0.05, 0) is 38.8 Å². The van der Waals surface area contributed by atoms with Gasteiger partial charge in [-0.3, -0.25) is 0 Å². The van der Waals surface area contributed by atoms with Gasteiger partial charge in [-0.25, -0.2) is 4.99 Å². The Kier molecular flexibility index (Phi) is 4.66. The fourth-order valence-electron chi connectivity index (χ4n) is 3.33. The van der Waals surface area contributed by atoms with Crippen LogP contribution < -0.4 is 9.89 Å². The highest BCUT2D eigenvalue weighted by Crippen LogP contribution is 2.35. The summed E-state index contributed by atoms with van der Waals surface area (Å²) >= 11 is 0. The van der Waals surface area contributed by atoms with Crippen LogP contribution in [-0.2, 0) is 11.3 Å². The summed E-state index contributed by atoms with van der Waals surface area (Å²) in [6.07, 6.45) is 6.13. The molecule has 0 saturated carbocycles. The SMILES string of the molecule is C[NH+](C)C[C@]1(C=[NH+]Cc2ccco2)CCOC(C)(C)C1. The maximum Gasteiger partial charge on any atom is 0.198 e. The van der Waals surface area contributed by atoms with Gasteiger partial charge in [-0.1, -0.05) is 0 Å². The molecule has 1 atom stereocenters. The molecule has 0 aliphatic carbocycles. The molecule has 1 aliphatic heterocycles. The molecule has 2 rings (SSSR count). The average Bonchev–Trinajstić information content (AvgIpc) is 2.79. The molecule has 0 aromatic carbocycles. The van der Waals surface area contributed by atoms with E-state index in [1.165, 1.54) is 4.90 Å². The summed E-state index contributed by atoms with van der Waals surface area (Å²) in [4.78, 5) is 4.92. The van der Waals surface area contributed by atoms with Crippen LogP contribution in [-0.4, -0.2) is 39.1 Å². The molecule has 2 heterocycles. The summed E-state index contributed by atoms with van der Waals surface area (Å²) in [7, 11) is 4.43. The molecule has 4 heteroatoms. The van der Waals surface area contributed by atoms with Gasteiger partial charge >= 0.3 is 0 Å². The molecular weight excluding hydrogens is 252 g/mol. The quantitative estimate of drug-likeness (QED) is 0.724. The lowest BCUT2D eigenvalue weighted by atomic mass is 9.74. The van der Waals surface area contributed by atoms with E-state index in [1.807, 2.05) is 12.1 Å². The molecule has 20 heavy (non-hydrogen) atoms. The molecule has 4 nitrogen and oxygen atoms in total. The van der Waals surface area contributed by atoms with Gasteiger partial charge in [0.1, 0.15) is 5.41 Å². The van der Waals surface area contributed by atoms with Gasteiger partial charge in [0.15, 0.2) is 18.5 Å². The highest BCUT2D eigenvalue weighted by atomic mass is 16.5. The number of ether oxygens (including phenoxy) is 1. The smallest absolute Gasteiger partial charge is 0.198 e. The van der Waals surface area contributed by atoms with E-state index in [1.54, 1.807) is 6.26 Å². The van der Waals surface area contributed by atoms with Gasteiger partial charge in [0, 0.05) is 6.61 Å². The van der Waals surface area contributed by atoms with Gasteiger partial charge in [-0.2, -0.15) is 0 Å². The molecule has 0 unspecified atom stereocenters. The fourth-order valence-corrected chi connectivity index (χ4v) is 3.33. The second kappa shape index (κ2) is 6.10. The number of quaternary nitrogens is 1. The van der Waals surface area contributed by atoms with E-state index in [2.05, 4.69) is 39.1 Å². The van der Waals surface area contributed by atoms with E-state index in [0.717, 1.165) is 38.3 Å². The van der Waals surface area contributed by atoms with Crippen molar-refractivity contribution in [2.75, 3.05) is 27.2 Å². The van der Waals surface area contributed by atoms with Gasteiger partial charge in [0.2, 0.25) is 0 Å². The first-order chi connectivity index (χ1) is 9.41. The Morgan fingerprint density at radius 3 is 2.80 bits per heavy atom. The predicted octanol–water partition coefficient (Wildman–Crippen LogP) is -0.349. The lowest BCUT2D eigenvalue weighted by Gasteiger charge is -2.41. The van der Waals surface area contributed by atoms with Crippen molar-refractivity contribution in [2.24, 2.45) is 5.41 Å². The molecule has 1 aromatic heterocycles. The topological polar surface area (TPSA) is 40.8 Å². The number of rotatable bonds is 5. The maximum atomic E-state index is 5.88. The Balaban J connectivity index is 2.08. The number of furan rings is 1. The minimum absolute atomic E-state index is 0.0451. The summed E-state index contributed by atoms with van der Waals surface area (Å²) in [5.74, 6) is 0.972. The van der Waals surface area contributed by atoms with Crippen LogP contribution in [0.1, 0.15) is 32.4 Å². The Hall–Kier alpha value is -1.13. The van der Waals surface area contributed by atoms with Crippen LogP contribution in [0.15, 0.2) is 22.8 Å². The molecule has 1 aliphatic rings. The summed E-state index contributed by atoms with van der Waals surface area (Å²) in [5, 5.41) is 0. The van der Waals surface area contributed by atoms with Gasteiger partial charge in [0.25, 0.3) is 0 Å². The highest BCUT2D eigenvalue weighted by Gasteiger charge is 2.44. The first-order valence-electron chi connectivity index (χ1n) is 7.44. The molecule has 112 valence electrons. The molecule has 1 aromatic rings. The second-order valence-corrected chi connectivity index (χ2v) is 6.89. The minimum atomic E-state index is -0.0451. The maximum absolute atomic E-state index is 5.88.